The second kappa shape index (κ2) is 4.10. The second-order valence-corrected chi connectivity index (χ2v) is 5.09. The summed E-state index contributed by atoms with van der Waals surface area (Å²) >= 11 is 1.42. The van der Waals surface area contributed by atoms with Crippen LogP contribution in [0.3, 0.4) is 0 Å². The molecule has 0 saturated carbocycles. The molecule has 17 heavy (non-hydrogen) atoms. The Bertz CT molecular complexity index is 439. The van der Waals surface area contributed by atoms with E-state index in [1.165, 1.54) is 26.0 Å². The molecule has 92 valence electrons. The summed E-state index contributed by atoms with van der Waals surface area (Å²) in [6, 6.07) is 0. The molecule has 0 N–H and O–H groups in total. The Hall–Kier alpha value is -1.43. The fraction of sp³-hybridized carbons (Fsp3) is 0.455. The lowest BCUT2D eigenvalue weighted by Crippen LogP contribution is -2.26. The van der Waals surface area contributed by atoms with Gasteiger partial charge in [0.05, 0.1) is 25.7 Å². The van der Waals surface area contributed by atoms with Crippen LogP contribution >= 0.6 is 11.8 Å². The summed E-state index contributed by atoms with van der Waals surface area (Å²) in [5, 5.41) is 1.85. The number of esters is 2. The Kier molecular flexibility index (Phi) is 2.91. The Morgan fingerprint density at radius 1 is 1.35 bits per heavy atom. The van der Waals surface area contributed by atoms with Gasteiger partial charge in [0.25, 0.3) is 0 Å². The zero-order valence-electron chi connectivity index (χ0n) is 9.68. The van der Waals surface area contributed by atoms with E-state index in [4.69, 9.17) is 4.74 Å². The van der Waals surface area contributed by atoms with Crippen molar-refractivity contribution in [2.75, 3.05) is 14.2 Å². The third-order valence-electron chi connectivity index (χ3n) is 2.77. The molecule has 0 amide bonds. The summed E-state index contributed by atoms with van der Waals surface area (Å²) in [6.07, 6.45) is 1.83. The zero-order chi connectivity index (χ0) is 12.6. The van der Waals surface area contributed by atoms with Gasteiger partial charge in [-0.3, -0.25) is 0 Å². The first kappa shape index (κ1) is 12.0. The molecule has 0 saturated heterocycles. The molecule has 5 nitrogen and oxygen atoms in total. The number of carbonyl (C=O) groups is 2. The van der Waals surface area contributed by atoms with Gasteiger partial charge in [0.15, 0.2) is 4.93 Å². The van der Waals surface area contributed by atoms with Crippen LogP contribution in [0.1, 0.15) is 6.92 Å². The SMILES string of the molecule is COC(=O)C1=C(C(=O)OC)[C@H]2C=CS[C@@]2(C)O1. The predicted octanol–water partition coefficient (Wildman–Crippen LogP) is 1.21. The lowest BCUT2D eigenvalue weighted by Gasteiger charge is -2.23. The molecule has 0 aromatic carbocycles. The van der Waals surface area contributed by atoms with Gasteiger partial charge < -0.3 is 14.2 Å². The van der Waals surface area contributed by atoms with Crippen LogP contribution in [0.2, 0.25) is 0 Å². The summed E-state index contributed by atoms with van der Waals surface area (Å²) in [6.45, 7) is 1.82. The fourth-order valence-electron chi connectivity index (χ4n) is 1.92. The van der Waals surface area contributed by atoms with E-state index < -0.39 is 16.9 Å². The van der Waals surface area contributed by atoms with Gasteiger partial charge in [-0.25, -0.2) is 9.59 Å². The minimum absolute atomic E-state index is 0.0521. The number of carbonyl (C=O) groups excluding carboxylic acids is 2. The van der Waals surface area contributed by atoms with Gasteiger partial charge in [0, 0.05) is 0 Å². The lowest BCUT2D eigenvalue weighted by molar-refractivity contribution is -0.142. The largest absolute Gasteiger partial charge is 0.468 e. The van der Waals surface area contributed by atoms with Crippen LogP contribution < -0.4 is 0 Å². The van der Waals surface area contributed by atoms with Crippen molar-refractivity contribution in [2.24, 2.45) is 5.92 Å². The highest BCUT2D eigenvalue weighted by Crippen LogP contribution is 2.52. The Labute approximate surface area is 103 Å². The average molecular weight is 256 g/mol. The molecular weight excluding hydrogens is 244 g/mol. The number of rotatable bonds is 2. The van der Waals surface area contributed by atoms with Gasteiger partial charge in [0.2, 0.25) is 5.76 Å². The van der Waals surface area contributed by atoms with Crippen molar-refractivity contribution in [1.29, 1.82) is 0 Å². The van der Waals surface area contributed by atoms with Crippen molar-refractivity contribution >= 4 is 23.7 Å². The first-order valence-electron chi connectivity index (χ1n) is 4.98. The minimum Gasteiger partial charge on any atom is -0.468 e. The maximum Gasteiger partial charge on any atom is 0.373 e. The maximum absolute atomic E-state index is 11.7. The molecule has 0 radical (unpaired) electrons. The lowest BCUT2D eigenvalue weighted by atomic mass is 9.95. The maximum atomic E-state index is 11.7. The van der Waals surface area contributed by atoms with Crippen molar-refractivity contribution in [3.05, 3.63) is 22.8 Å². The second-order valence-electron chi connectivity index (χ2n) is 3.77. The third kappa shape index (κ3) is 1.72. The number of ether oxygens (including phenoxy) is 3. The van der Waals surface area contributed by atoms with E-state index in [0.29, 0.717) is 0 Å². The van der Waals surface area contributed by atoms with Gasteiger partial charge in [-0.1, -0.05) is 17.8 Å². The van der Waals surface area contributed by atoms with Crippen molar-refractivity contribution in [1.82, 2.24) is 0 Å². The van der Waals surface area contributed by atoms with Crippen LogP contribution in [0.25, 0.3) is 0 Å². The molecule has 0 bridgehead atoms. The average Bonchev–Trinajstić information content (AvgIpc) is 2.80. The van der Waals surface area contributed by atoms with Crippen molar-refractivity contribution in [3.8, 4) is 0 Å². The van der Waals surface area contributed by atoms with E-state index in [0.717, 1.165) is 0 Å². The van der Waals surface area contributed by atoms with Crippen molar-refractivity contribution < 1.29 is 23.8 Å². The monoisotopic (exact) mass is 256 g/mol. The van der Waals surface area contributed by atoms with Crippen molar-refractivity contribution in [2.45, 2.75) is 11.9 Å². The first-order valence-corrected chi connectivity index (χ1v) is 5.85. The van der Waals surface area contributed by atoms with Crippen LogP contribution in [0, 0.1) is 5.92 Å². The smallest absolute Gasteiger partial charge is 0.373 e. The van der Waals surface area contributed by atoms with Gasteiger partial charge >= 0.3 is 11.9 Å². The van der Waals surface area contributed by atoms with E-state index in [1.54, 1.807) is 0 Å². The van der Waals surface area contributed by atoms with E-state index in [-0.39, 0.29) is 17.3 Å². The molecule has 0 unspecified atom stereocenters. The summed E-state index contributed by atoms with van der Waals surface area (Å²) < 4.78 is 14.9. The first-order chi connectivity index (χ1) is 8.03. The summed E-state index contributed by atoms with van der Waals surface area (Å²) in [5.74, 6) is -1.56. The fourth-order valence-corrected chi connectivity index (χ4v) is 2.90. The summed E-state index contributed by atoms with van der Waals surface area (Å²) in [7, 11) is 2.51. The highest BCUT2D eigenvalue weighted by Gasteiger charge is 2.52. The van der Waals surface area contributed by atoms with E-state index in [2.05, 4.69) is 9.47 Å². The van der Waals surface area contributed by atoms with Crippen molar-refractivity contribution in [3.63, 3.8) is 0 Å². The molecule has 2 rings (SSSR count). The van der Waals surface area contributed by atoms with E-state index >= 15 is 0 Å². The molecule has 0 aromatic rings. The standard InChI is InChI=1S/C11H12O5S/c1-11-6(4-5-17-11)7(9(12)14-2)8(16-11)10(13)15-3/h4-6H,1-3H3/t6-,11-/m1/s1. The molecule has 0 fully saturated rings. The predicted molar refractivity (Wildman–Crippen MR) is 60.8 cm³/mol. The van der Waals surface area contributed by atoms with E-state index in [9.17, 15) is 9.59 Å². The normalized spacial score (nSPS) is 29.9. The third-order valence-corrected chi connectivity index (χ3v) is 3.87. The molecule has 2 heterocycles. The number of methoxy groups -OCH3 is 2. The van der Waals surface area contributed by atoms with Crippen LogP contribution in [0.4, 0.5) is 0 Å². The topological polar surface area (TPSA) is 61.8 Å². The number of fused-ring (bicyclic) bond motifs is 1. The number of hydrogen-bond donors (Lipinski definition) is 0. The van der Waals surface area contributed by atoms with Crippen LogP contribution in [0.5, 0.6) is 0 Å². The van der Waals surface area contributed by atoms with Gasteiger partial charge in [-0.05, 0) is 12.3 Å². The molecule has 0 spiro atoms. The molecule has 2 aliphatic rings. The van der Waals surface area contributed by atoms with E-state index in [1.807, 2.05) is 18.4 Å². The van der Waals surface area contributed by atoms with Gasteiger partial charge in [-0.15, -0.1) is 0 Å². The van der Waals surface area contributed by atoms with Crippen LogP contribution in [-0.4, -0.2) is 31.1 Å². The summed E-state index contributed by atoms with van der Waals surface area (Å²) in [5.41, 5.74) is 0.225. The quantitative estimate of drug-likeness (QED) is 0.692. The zero-order valence-corrected chi connectivity index (χ0v) is 10.5. The molecule has 6 heteroatoms. The highest BCUT2D eigenvalue weighted by molar-refractivity contribution is 8.03. The molecule has 0 aliphatic carbocycles. The van der Waals surface area contributed by atoms with Gasteiger partial charge in [0.1, 0.15) is 0 Å². The van der Waals surface area contributed by atoms with Crippen LogP contribution in [-0.2, 0) is 23.8 Å². The number of thioether (sulfide) groups is 1. The Balaban J connectivity index is 2.46. The Morgan fingerprint density at radius 3 is 2.59 bits per heavy atom. The molecule has 2 aliphatic heterocycles. The molecule has 0 aromatic heterocycles. The summed E-state index contributed by atoms with van der Waals surface area (Å²) in [4.78, 5) is 22.6. The molecule has 2 atom stereocenters. The van der Waals surface area contributed by atoms with Gasteiger partial charge in [-0.2, -0.15) is 0 Å². The number of hydrogen-bond acceptors (Lipinski definition) is 6. The minimum atomic E-state index is -0.660. The highest BCUT2D eigenvalue weighted by atomic mass is 32.2. The molecular formula is C11H12O5S. The van der Waals surface area contributed by atoms with Crippen LogP contribution in [0.15, 0.2) is 22.8 Å². The Morgan fingerprint density at radius 2 is 2.00 bits per heavy atom.